The molecule has 0 fully saturated rings. The largest absolute Gasteiger partial charge is 0.334 e. The van der Waals surface area contributed by atoms with Crippen LogP contribution in [0.15, 0.2) is 48.5 Å². The van der Waals surface area contributed by atoms with Crippen molar-refractivity contribution in [3.05, 3.63) is 59.7 Å². The Hall–Kier alpha value is -2.82. The summed E-state index contributed by atoms with van der Waals surface area (Å²) in [6.07, 6.45) is 0. The lowest BCUT2D eigenvalue weighted by molar-refractivity contribution is -0.114. The third-order valence-corrected chi connectivity index (χ3v) is 3.00. The van der Waals surface area contributed by atoms with Crippen molar-refractivity contribution in [2.24, 2.45) is 0 Å². The second kappa shape index (κ2) is 7.26. The predicted octanol–water partition coefficient (Wildman–Crippen LogP) is 3.28. The van der Waals surface area contributed by atoms with Gasteiger partial charge in [-0.05, 0) is 42.3 Å². The fourth-order valence-corrected chi connectivity index (χ4v) is 1.99. The maximum atomic E-state index is 11.8. The van der Waals surface area contributed by atoms with Crippen LogP contribution < -0.4 is 16.0 Å². The highest BCUT2D eigenvalue weighted by molar-refractivity contribution is 5.89. The SMILES string of the molecule is CC(=O)Nc1ccc(CNC(=O)Nc2cccc(C)c2)cc1. The minimum absolute atomic E-state index is 0.108. The summed E-state index contributed by atoms with van der Waals surface area (Å²) in [5, 5.41) is 8.27. The van der Waals surface area contributed by atoms with Crippen molar-refractivity contribution in [2.45, 2.75) is 20.4 Å². The zero-order valence-corrected chi connectivity index (χ0v) is 12.6. The fourth-order valence-electron chi connectivity index (χ4n) is 1.99. The van der Waals surface area contributed by atoms with E-state index < -0.39 is 0 Å². The van der Waals surface area contributed by atoms with Crippen molar-refractivity contribution < 1.29 is 9.59 Å². The van der Waals surface area contributed by atoms with Crippen LogP contribution in [0.4, 0.5) is 16.2 Å². The Balaban J connectivity index is 1.84. The highest BCUT2D eigenvalue weighted by atomic mass is 16.2. The number of benzene rings is 2. The van der Waals surface area contributed by atoms with Crippen LogP contribution in [0.1, 0.15) is 18.1 Å². The third kappa shape index (κ3) is 4.94. The summed E-state index contributed by atoms with van der Waals surface area (Å²) in [6.45, 7) is 3.85. The molecule has 0 bridgehead atoms. The van der Waals surface area contributed by atoms with Crippen LogP contribution in [-0.2, 0) is 11.3 Å². The summed E-state index contributed by atoms with van der Waals surface area (Å²) in [7, 11) is 0. The van der Waals surface area contributed by atoms with Crippen molar-refractivity contribution in [3.8, 4) is 0 Å². The molecular weight excluding hydrogens is 278 g/mol. The highest BCUT2D eigenvalue weighted by Crippen LogP contribution is 2.10. The molecule has 22 heavy (non-hydrogen) atoms. The second-order valence-electron chi connectivity index (χ2n) is 5.06. The number of hydrogen-bond acceptors (Lipinski definition) is 2. The van der Waals surface area contributed by atoms with E-state index in [1.165, 1.54) is 6.92 Å². The van der Waals surface area contributed by atoms with Crippen molar-refractivity contribution in [2.75, 3.05) is 10.6 Å². The van der Waals surface area contributed by atoms with Crippen molar-refractivity contribution in [3.63, 3.8) is 0 Å². The first-order chi connectivity index (χ1) is 10.5. The number of rotatable bonds is 4. The number of anilines is 2. The fraction of sp³-hybridized carbons (Fsp3) is 0.176. The molecule has 114 valence electrons. The molecule has 0 radical (unpaired) electrons. The van der Waals surface area contributed by atoms with Gasteiger partial charge in [0, 0.05) is 24.8 Å². The minimum Gasteiger partial charge on any atom is -0.334 e. The van der Waals surface area contributed by atoms with Gasteiger partial charge in [-0.3, -0.25) is 4.79 Å². The number of nitrogens with one attached hydrogen (secondary N) is 3. The van der Waals surface area contributed by atoms with Crippen LogP contribution >= 0.6 is 0 Å². The van der Waals surface area contributed by atoms with Gasteiger partial charge in [-0.25, -0.2) is 4.79 Å². The molecule has 0 saturated heterocycles. The van der Waals surface area contributed by atoms with Crippen LogP contribution in [0.2, 0.25) is 0 Å². The lowest BCUT2D eigenvalue weighted by atomic mass is 10.2. The molecule has 0 heterocycles. The van der Waals surface area contributed by atoms with Crippen LogP contribution in [0, 0.1) is 6.92 Å². The van der Waals surface area contributed by atoms with Gasteiger partial charge in [0.1, 0.15) is 0 Å². The average molecular weight is 297 g/mol. The van der Waals surface area contributed by atoms with E-state index in [-0.39, 0.29) is 11.9 Å². The molecule has 0 aromatic heterocycles. The van der Waals surface area contributed by atoms with Crippen LogP contribution in [0.3, 0.4) is 0 Å². The number of carbonyl (C=O) groups excluding carboxylic acids is 2. The van der Waals surface area contributed by atoms with Gasteiger partial charge in [-0.15, -0.1) is 0 Å². The van der Waals surface area contributed by atoms with E-state index >= 15 is 0 Å². The molecule has 0 aliphatic carbocycles. The maximum absolute atomic E-state index is 11.8. The summed E-state index contributed by atoms with van der Waals surface area (Å²) < 4.78 is 0. The first-order valence-corrected chi connectivity index (χ1v) is 7.01. The summed E-state index contributed by atoms with van der Waals surface area (Å²) in [6, 6.07) is 14.7. The Morgan fingerprint density at radius 1 is 0.955 bits per heavy atom. The monoisotopic (exact) mass is 297 g/mol. The smallest absolute Gasteiger partial charge is 0.319 e. The molecule has 0 aliphatic rings. The summed E-state index contributed by atoms with van der Waals surface area (Å²) in [4.78, 5) is 22.8. The number of amides is 3. The molecule has 2 rings (SSSR count). The Morgan fingerprint density at radius 2 is 1.68 bits per heavy atom. The Bertz CT molecular complexity index is 666. The van der Waals surface area contributed by atoms with E-state index in [4.69, 9.17) is 0 Å². The molecule has 0 saturated carbocycles. The van der Waals surface area contributed by atoms with Gasteiger partial charge in [-0.2, -0.15) is 0 Å². The molecule has 0 atom stereocenters. The Labute approximate surface area is 129 Å². The van der Waals surface area contributed by atoms with Gasteiger partial charge in [-0.1, -0.05) is 24.3 Å². The summed E-state index contributed by atoms with van der Waals surface area (Å²) in [5.74, 6) is -0.108. The van der Waals surface area contributed by atoms with Crippen molar-refractivity contribution in [1.29, 1.82) is 0 Å². The Morgan fingerprint density at radius 3 is 2.32 bits per heavy atom. The molecule has 5 nitrogen and oxygen atoms in total. The van der Waals surface area contributed by atoms with Gasteiger partial charge in [0.25, 0.3) is 0 Å². The van der Waals surface area contributed by atoms with E-state index in [0.29, 0.717) is 6.54 Å². The van der Waals surface area contributed by atoms with Gasteiger partial charge in [0.15, 0.2) is 0 Å². The first-order valence-electron chi connectivity index (χ1n) is 7.01. The number of urea groups is 1. The van der Waals surface area contributed by atoms with Crippen LogP contribution in [0.25, 0.3) is 0 Å². The highest BCUT2D eigenvalue weighted by Gasteiger charge is 2.02. The van der Waals surface area contributed by atoms with Gasteiger partial charge in [0.05, 0.1) is 0 Å². The topological polar surface area (TPSA) is 70.2 Å². The molecule has 2 aromatic carbocycles. The number of carbonyl (C=O) groups is 2. The molecule has 5 heteroatoms. The van der Waals surface area contributed by atoms with E-state index in [1.54, 1.807) is 12.1 Å². The van der Waals surface area contributed by atoms with Crippen molar-refractivity contribution in [1.82, 2.24) is 5.32 Å². The number of aryl methyl sites for hydroxylation is 1. The molecule has 3 amide bonds. The lowest BCUT2D eigenvalue weighted by Crippen LogP contribution is -2.28. The minimum atomic E-state index is -0.253. The molecule has 0 aliphatic heterocycles. The zero-order valence-electron chi connectivity index (χ0n) is 12.6. The van der Waals surface area contributed by atoms with Crippen LogP contribution in [0.5, 0.6) is 0 Å². The van der Waals surface area contributed by atoms with Crippen molar-refractivity contribution >= 4 is 23.3 Å². The van der Waals surface area contributed by atoms with Gasteiger partial charge < -0.3 is 16.0 Å². The summed E-state index contributed by atoms with van der Waals surface area (Å²) in [5.41, 5.74) is 3.54. The first kappa shape index (κ1) is 15.6. The maximum Gasteiger partial charge on any atom is 0.319 e. The van der Waals surface area contributed by atoms with E-state index in [2.05, 4.69) is 16.0 Å². The van der Waals surface area contributed by atoms with E-state index in [9.17, 15) is 9.59 Å². The zero-order chi connectivity index (χ0) is 15.9. The molecule has 2 aromatic rings. The third-order valence-electron chi connectivity index (χ3n) is 3.00. The van der Waals surface area contributed by atoms with E-state index in [1.807, 2.05) is 43.3 Å². The predicted molar refractivity (Wildman–Crippen MR) is 87.8 cm³/mol. The molecule has 0 spiro atoms. The van der Waals surface area contributed by atoms with Crippen LogP contribution in [-0.4, -0.2) is 11.9 Å². The molecule has 0 unspecified atom stereocenters. The molecular formula is C17H19N3O2. The normalized spacial score (nSPS) is 9.91. The number of hydrogen-bond donors (Lipinski definition) is 3. The van der Waals surface area contributed by atoms with E-state index in [0.717, 1.165) is 22.5 Å². The average Bonchev–Trinajstić information content (AvgIpc) is 2.46. The lowest BCUT2D eigenvalue weighted by Gasteiger charge is -2.09. The second-order valence-corrected chi connectivity index (χ2v) is 5.06. The Kier molecular flexibility index (Phi) is 5.14. The van der Waals surface area contributed by atoms with Gasteiger partial charge in [0.2, 0.25) is 5.91 Å². The quantitative estimate of drug-likeness (QED) is 0.810. The standard InChI is InChI=1S/C17H19N3O2/c1-12-4-3-5-16(10-12)20-17(22)18-11-14-6-8-15(9-7-14)19-13(2)21/h3-10H,11H2,1-2H3,(H,19,21)(H2,18,20,22). The summed E-state index contributed by atoms with van der Waals surface area (Å²) >= 11 is 0. The molecule has 3 N–H and O–H groups in total. The van der Waals surface area contributed by atoms with Gasteiger partial charge >= 0.3 is 6.03 Å².